The summed E-state index contributed by atoms with van der Waals surface area (Å²) in [6.07, 6.45) is 0. The molecule has 0 saturated heterocycles. The maximum atomic E-state index is 11.3. The van der Waals surface area contributed by atoms with Crippen LogP contribution in [0.3, 0.4) is 0 Å². The number of para-hydroxylation sites is 1. The monoisotopic (exact) mass is 237 g/mol. The lowest BCUT2D eigenvalue weighted by Crippen LogP contribution is -2.38. The zero-order valence-corrected chi connectivity index (χ0v) is 10.2. The van der Waals surface area contributed by atoms with Crippen LogP contribution in [0, 0.1) is 0 Å². The molecule has 0 aromatic heterocycles. The summed E-state index contributed by atoms with van der Waals surface area (Å²) in [5, 5.41) is 6.27. The molecule has 1 aromatic carbocycles. The van der Waals surface area contributed by atoms with E-state index in [2.05, 4.69) is 10.6 Å². The molecule has 0 aliphatic heterocycles. The van der Waals surface area contributed by atoms with Crippen LogP contribution in [0.4, 0.5) is 5.69 Å². The lowest BCUT2D eigenvalue weighted by Gasteiger charge is -2.13. The van der Waals surface area contributed by atoms with Crippen LogP contribution in [0.1, 0.15) is 0 Å². The molecule has 0 aliphatic carbocycles. The Kier molecular flexibility index (Phi) is 4.72. The summed E-state index contributed by atoms with van der Waals surface area (Å²) >= 11 is 5.05. The van der Waals surface area contributed by atoms with Gasteiger partial charge in [0, 0.05) is 19.8 Å². The Morgan fingerprint density at radius 1 is 1.31 bits per heavy atom. The first-order valence-electron chi connectivity index (χ1n) is 4.89. The summed E-state index contributed by atoms with van der Waals surface area (Å²) in [5.74, 6) is -0.0165. The standard InChI is InChI=1S/C11H15N3OS/c1-14(2)10(15)8-12-11(16)13-9-6-4-3-5-7-9/h3-7H,8H2,1-2H3,(H2,12,13,16). The molecule has 1 amide bonds. The van der Waals surface area contributed by atoms with Crippen LogP contribution in [0.5, 0.6) is 0 Å². The summed E-state index contributed by atoms with van der Waals surface area (Å²) in [6.45, 7) is 0.200. The van der Waals surface area contributed by atoms with Crippen molar-refractivity contribution < 1.29 is 4.79 Å². The molecular weight excluding hydrogens is 222 g/mol. The van der Waals surface area contributed by atoms with Crippen molar-refractivity contribution in [2.45, 2.75) is 0 Å². The molecule has 2 N–H and O–H groups in total. The molecule has 0 atom stereocenters. The van der Waals surface area contributed by atoms with Crippen molar-refractivity contribution in [2.75, 3.05) is 26.0 Å². The Morgan fingerprint density at radius 3 is 2.50 bits per heavy atom. The van der Waals surface area contributed by atoms with E-state index in [1.807, 2.05) is 30.3 Å². The van der Waals surface area contributed by atoms with Crippen molar-refractivity contribution in [3.63, 3.8) is 0 Å². The number of benzene rings is 1. The topological polar surface area (TPSA) is 44.4 Å². The summed E-state index contributed by atoms with van der Waals surface area (Å²) in [5.41, 5.74) is 0.900. The van der Waals surface area contributed by atoms with E-state index in [0.29, 0.717) is 5.11 Å². The van der Waals surface area contributed by atoms with Crippen molar-refractivity contribution >= 4 is 28.9 Å². The largest absolute Gasteiger partial charge is 0.353 e. The maximum Gasteiger partial charge on any atom is 0.241 e. The number of thiocarbonyl (C=S) groups is 1. The third kappa shape index (κ3) is 4.27. The van der Waals surface area contributed by atoms with Gasteiger partial charge in [-0.05, 0) is 24.4 Å². The molecule has 1 aromatic rings. The first-order chi connectivity index (χ1) is 7.59. The van der Waals surface area contributed by atoms with Crippen LogP contribution >= 0.6 is 12.2 Å². The number of nitrogens with zero attached hydrogens (tertiary/aromatic N) is 1. The Hall–Kier alpha value is -1.62. The maximum absolute atomic E-state index is 11.3. The van der Waals surface area contributed by atoms with Crippen LogP contribution in [-0.2, 0) is 4.79 Å². The second-order valence-corrected chi connectivity index (χ2v) is 3.87. The van der Waals surface area contributed by atoms with Gasteiger partial charge in [-0.1, -0.05) is 18.2 Å². The van der Waals surface area contributed by atoms with Gasteiger partial charge in [0.2, 0.25) is 5.91 Å². The first kappa shape index (κ1) is 12.4. The van der Waals surface area contributed by atoms with Gasteiger partial charge in [0.25, 0.3) is 0 Å². The number of likely N-dealkylation sites (N-methyl/N-ethyl adjacent to an activating group) is 1. The van der Waals surface area contributed by atoms with E-state index in [0.717, 1.165) is 5.69 Å². The van der Waals surface area contributed by atoms with Gasteiger partial charge in [-0.3, -0.25) is 4.79 Å². The average molecular weight is 237 g/mol. The molecule has 0 aliphatic rings. The van der Waals surface area contributed by atoms with E-state index in [9.17, 15) is 4.79 Å². The molecule has 86 valence electrons. The Labute approximate surface area is 101 Å². The highest BCUT2D eigenvalue weighted by molar-refractivity contribution is 7.80. The van der Waals surface area contributed by atoms with Crippen LogP contribution in [0.15, 0.2) is 30.3 Å². The van der Waals surface area contributed by atoms with Gasteiger partial charge in [0.15, 0.2) is 5.11 Å². The number of carbonyl (C=O) groups is 1. The van der Waals surface area contributed by atoms with E-state index in [4.69, 9.17) is 12.2 Å². The predicted molar refractivity (Wildman–Crippen MR) is 69.4 cm³/mol. The van der Waals surface area contributed by atoms with Crippen molar-refractivity contribution in [3.8, 4) is 0 Å². The minimum absolute atomic E-state index is 0.0165. The lowest BCUT2D eigenvalue weighted by atomic mass is 10.3. The zero-order valence-electron chi connectivity index (χ0n) is 9.36. The second-order valence-electron chi connectivity index (χ2n) is 3.46. The number of anilines is 1. The van der Waals surface area contributed by atoms with Crippen molar-refractivity contribution in [1.82, 2.24) is 10.2 Å². The quantitative estimate of drug-likeness (QED) is 0.772. The SMILES string of the molecule is CN(C)C(=O)CNC(=S)Nc1ccccc1. The summed E-state index contributed by atoms with van der Waals surface area (Å²) in [7, 11) is 3.41. The Bertz CT molecular complexity index is 365. The van der Waals surface area contributed by atoms with Crippen molar-refractivity contribution in [3.05, 3.63) is 30.3 Å². The molecular formula is C11H15N3OS. The number of amides is 1. The van der Waals surface area contributed by atoms with E-state index in [-0.39, 0.29) is 12.5 Å². The van der Waals surface area contributed by atoms with Crippen molar-refractivity contribution in [2.24, 2.45) is 0 Å². The van der Waals surface area contributed by atoms with Gasteiger partial charge >= 0.3 is 0 Å². The van der Waals surface area contributed by atoms with Crippen LogP contribution in [0.2, 0.25) is 0 Å². The highest BCUT2D eigenvalue weighted by atomic mass is 32.1. The van der Waals surface area contributed by atoms with Crippen LogP contribution in [-0.4, -0.2) is 36.6 Å². The molecule has 4 nitrogen and oxygen atoms in total. The van der Waals surface area contributed by atoms with Gasteiger partial charge in [-0.25, -0.2) is 0 Å². The molecule has 1 rings (SSSR count). The molecule has 0 radical (unpaired) electrons. The molecule has 0 spiro atoms. The fourth-order valence-corrected chi connectivity index (χ4v) is 1.20. The molecule has 0 fully saturated rings. The number of rotatable bonds is 3. The summed E-state index contributed by atoms with van der Waals surface area (Å²) < 4.78 is 0. The van der Waals surface area contributed by atoms with E-state index < -0.39 is 0 Å². The molecule has 16 heavy (non-hydrogen) atoms. The lowest BCUT2D eigenvalue weighted by molar-refractivity contribution is -0.127. The highest BCUT2D eigenvalue weighted by Gasteiger charge is 2.04. The van der Waals surface area contributed by atoms with E-state index in [1.165, 1.54) is 4.90 Å². The summed E-state index contributed by atoms with van der Waals surface area (Å²) in [4.78, 5) is 12.8. The van der Waals surface area contributed by atoms with E-state index in [1.54, 1.807) is 14.1 Å². The van der Waals surface area contributed by atoms with Gasteiger partial charge < -0.3 is 15.5 Å². The number of carbonyl (C=O) groups excluding carboxylic acids is 1. The van der Waals surface area contributed by atoms with Gasteiger partial charge in [-0.15, -0.1) is 0 Å². The molecule has 5 heteroatoms. The van der Waals surface area contributed by atoms with Gasteiger partial charge in [0.05, 0.1) is 6.54 Å². The van der Waals surface area contributed by atoms with Gasteiger partial charge in [-0.2, -0.15) is 0 Å². The normalized spacial score (nSPS) is 9.38. The number of nitrogens with one attached hydrogen (secondary N) is 2. The zero-order chi connectivity index (χ0) is 12.0. The average Bonchev–Trinajstić information content (AvgIpc) is 2.27. The minimum Gasteiger partial charge on any atom is -0.353 e. The first-order valence-corrected chi connectivity index (χ1v) is 5.30. The molecule has 0 saturated carbocycles. The summed E-state index contributed by atoms with van der Waals surface area (Å²) in [6, 6.07) is 9.56. The van der Waals surface area contributed by atoms with Crippen molar-refractivity contribution in [1.29, 1.82) is 0 Å². The fraction of sp³-hybridized carbons (Fsp3) is 0.273. The Balaban J connectivity index is 2.35. The van der Waals surface area contributed by atoms with Gasteiger partial charge in [0.1, 0.15) is 0 Å². The molecule has 0 unspecified atom stereocenters. The third-order valence-electron chi connectivity index (χ3n) is 1.93. The number of hydrogen-bond donors (Lipinski definition) is 2. The molecule has 0 heterocycles. The smallest absolute Gasteiger partial charge is 0.241 e. The van der Waals surface area contributed by atoms with Crippen LogP contribution < -0.4 is 10.6 Å². The second kappa shape index (κ2) is 6.07. The number of hydrogen-bond acceptors (Lipinski definition) is 2. The molecule has 0 bridgehead atoms. The highest BCUT2D eigenvalue weighted by Crippen LogP contribution is 2.03. The predicted octanol–water partition coefficient (Wildman–Crippen LogP) is 1.06. The van der Waals surface area contributed by atoms with E-state index >= 15 is 0 Å². The fourth-order valence-electron chi connectivity index (χ4n) is 1.01. The third-order valence-corrected chi connectivity index (χ3v) is 2.18. The van der Waals surface area contributed by atoms with Crippen LogP contribution in [0.25, 0.3) is 0 Å². The minimum atomic E-state index is -0.0165. The Morgan fingerprint density at radius 2 is 1.94 bits per heavy atom.